The van der Waals surface area contributed by atoms with Crippen molar-refractivity contribution in [2.75, 3.05) is 13.1 Å². The zero-order valence-electron chi connectivity index (χ0n) is 12.4. The van der Waals surface area contributed by atoms with E-state index in [9.17, 15) is 22.8 Å². The Bertz CT molecular complexity index is 609. The van der Waals surface area contributed by atoms with Gasteiger partial charge in [0.25, 0.3) is 5.91 Å². The van der Waals surface area contributed by atoms with Crippen molar-refractivity contribution < 1.29 is 22.8 Å². The summed E-state index contributed by atoms with van der Waals surface area (Å²) in [5, 5.41) is 2.70. The van der Waals surface area contributed by atoms with Crippen LogP contribution in [0.15, 0.2) is 24.3 Å². The van der Waals surface area contributed by atoms with Gasteiger partial charge in [0.15, 0.2) is 0 Å². The number of alkyl halides is 3. The summed E-state index contributed by atoms with van der Waals surface area (Å²) in [6.45, 7) is 1.01. The van der Waals surface area contributed by atoms with Gasteiger partial charge in [-0.15, -0.1) is 0 Å². The van der Waals surface area contributed by atoms with Crippen molar-refractivity contribution in [3.05, 3.63) is 35.4 Å². The molecule has 1 aliphatic heterocycles. The van der Waals surface area contributed by atoms with Gasteiger partial charge < -0.3 is 10.2 Å². The van der Waals surface area contributed by atoms with Gasteiger partial charge in [0.2, 0.25) is 5.91 Å². The third kappa shape index (κ3) is 3.65. The number of likely N-dealkylation sites (tertiary alicyclic amines) is 1. The van der Waals surface area contributed by atoms with E-state index in [4.69, 9.17) is 0 Å². The van der Waals surface area contributed by atoms with Gasteiger partial charge in [-0.2, -0.15) is 13.2 Å². The molecule has 1 heterocycles. The Morgan fingerprint density at radius 2 is 1.87 bits per heavy atom. The molecule has 2 fully saturated rings. The third-order valence-corrected chi connectivity index (χ3v) is 4.25. The number of benzene rings is 1. The van der Waals surface area contributed by atoms with Crippen LogP contribution in [0.4, 0.5) is 13.2 Å². The molecule has 1 aliphatic carbocycles. The highest BCUT2D eigenvalue weighted by Gasteiger charge is 2.39. The van der Waals surface area contributed by atoms with Gasteiger partial charge in [0.05, 0.1) is 5.56 Å². The minimum atomic E-state index is -4.41. The van der Waals surface area contributed by atoms with E-state index in [1.165, 1.54) is 0 Å². The topological polar surface area (TPSA) is 49.4 Å². The number of rotatable bonds is 4. The standard InChI is InChI=1S/C16H17F3N2O2/c17-16(18,19)12-3-1-11(2-4-12)15(23)20-8-10-7-14(22)21(9-10)13-5-6-13/h1-4,10,13H,5-9H2,(H,20,23). The Labute approximate surface area is 131 Å². The van der Waals surface area contributed by atoms with Crippen LogP contribution in [-0.4, -0.2) is 35.8 Å². The van der Waals surface area contributed by atoms with Crippen molar-refractivity contribution in [2.45, 2.75) is 31.5 Å². The summed E-state index contributed by atoms with van der Waals surface area (Å²) in [6.07, 6.45) is -1.89. The summed E-state index contributed by atoms with van der Waals surface area (Å²) in [5.74, 6) is -0.223. The van der Waals surface area contributed by atoms with Crippen molar-refractivity contribution in [2.24, 2.45) is 5.92 Å². The Balaban J connectivity index is 1.52. The molecule has 0 aromatic heterocycles. The highest BCUT2D eigenvalue weighted by molar-refractivity contribution is 5.94. The van der Waals surface area contributed by atoms with Gasteiger partial charge in [0, 0.05) is 37.0 Å². The van der Waals surface area contributed by atoms with E-state index in [-0.39, 0.29) is 17.4 Å². The average Bonchev–Trinajstić information content (AvgIpc) is 3.27. The van der Waals surface area contributed by atoms with Gasteiger partial charge in [0.1, 0.15) is 0 Å². The summed E-state index contributed by atoms with van der Waals surface area (Å²) < 4.78 is 37.4. The molecule has 2 aliphatic rings. The fourth-order valence-corrected chi connectivity index (χ4v) is 2.83. The van der Waals surface area contributed by atoms with Crippen LogP contribution in [0.3, 0.4) is 0 Å². The molecule has 124 valence electrons. The largest absolute Gasteiger partial charge is 0.416 e. The minimum absolute atomic E-state index is 0.0708. The van der Waals surface area contributed by atoms with Crippen LogP contribution in [-0.2, 0) is 11.0 Å². The number of carbonyl (C=O) groups excluding carboxylic acids is 2. The summed E-state index contributed by atoms with van der Waals surface area (Å²) in [6, 6.07) is 4.48. The van der Waals surface area contributed by atoms with E-state index in [2.05, 4.69) is 5.32 Å². The van der Waals surface area contributed by atoms with Crippen LogP contribution in [0.25, 0.3) is 0 Å². The second kappa shape index (κ2) is 5.86. The van der Waals surface area contributed by atoms with E-state index in [0.717, 1.165) is 37.1 Å². The quantitative estimate of drug-likeness (QED) is 0.924. The molecule has 23 heavy (non-hydrogen) atoms. The van der Waals surface area contributed by atoms with Gasteiger partial charge in [-0.3, -0.25) is 9.59 Å². The Hall–Kier alpha value is -2.05. The summed E-state index contributed by atoms with van der Waals surface area (Å²) in [7, 11) is 0. The van der Waals surface area contributed by atoms with Crippen molar-refractivity contribution >= 4 is 11.8 Å². The molecule has 1 N–H and O–H groups in total. The van der Waals surface area contributed by atoms with Crippen molar-refractivity contribution in [1.29, 1.82) is 0 Å². The summed E-state index contributed by atoms with van der Waals surface area (Å²) in [5.41, 5.74) is -0.600. The van der Waals surface area contributed by atoms with Crippen LogP contribution >= 0.6 is 0 Å². The third-order valence-electron chi connectivity index (χ3n) is 4.25. The highest BCUT2D eigenvalue weighted by atomic mass is 19.4. The van der Waals surface area contributed by atoms with Gasteiger partial charge >= 0.3 is 6.18 Å². The lowest BCUT2D eigenvalue weighted by molar-refractivity contribution is -0.137. The minimum Gasteiger partial charge on any atom is -0.352 e. The van der Waals surface area contributed by atoms with Crippen LogP contribution < -0.4 is 5.32 Å². The molecule has 1 atom stereocenters. The molecular formula is C16H17F3N2O2. The Morgan fingerprint density at radius 1 is 1.22 bits per heavy atom. The number of amides is 2. The summed E-state index contributed by atoms with van der Waals surface area (Å²) >= 11 is 0. The number of nitrogens with one attached hydrogen (secondary N) is 1. The lowest BCUT2D eigenvalue weighted by Gasteiger charge is -2.15. The molecule has 7 heteroatoms. The normalized spacial score (nSPS) is 21.6. The highest BCUT2D eigenvalue weighted by Crippen LogP contribution is 2.32. The molecule has 0 radical (unpaired) electrons. The maximum atomic E-state index is 12.5. The van der Waals surface area contributed by atoms with Crippen molar-refractivity contribution in [3.8, 4) is 0 Å². The first-order chi connectivity index (χ1) is 10.8. The maximum Gasteiger partial charge on any atom is 0.416 e. The lowest BCUT2D eigenvalue weighted by atomic mass is 10.1. The SMILES string of the molecule is O=C(NCC1CC(=O)N(C2CC2)C1)c1ccc(C(F)(F)F)cc1. The number of halogens is 3. The molecule has 1 aromatic carbocycles. The fourth-order valence-electron chi connectivity index (χ4n) is 2.83. The molecule has 1 saturated carbocycles. The lowest BCUT2D eigenvalue weighted by Crippen LogP contribution is -2.32. The van der Waals surface area contributed by atoms with Crippen LogP contribution in [0.5, 0.6) is 0 Å². The zero-order valence-corrected chi connectivity index (χ0v) is 12.4. The van der Waals surface area contributed by atoms with E-state index in [1.54, 1.807) is 0 Å². The molecule has 3 rings (SSSR count). The van der Waals surface area contributed by atoms with Crippen LogP contribution in [0, 0.1) is 5.92 Å². The fraction of sp³-hybridized carbons (Fsp3) is 0.500. The smallest absolute Gasteiger partial charge is 0.352 e. The number of nitrogens with zero attached hydrogens (tertiary/aromatic N) is 1. The van der Waals surface area contributed by atoms with Crippen LogP contribution in [0.1, 0.15) is 35.2 Å². The first-order valence-corrected chi connectivity index (χ1v) is 7.59. The van der Waals surface area contributed by atoms with Crippen molar-refractivity contribution in [1.82, 2.24) is 10.2 Å². The van der Waals surface area contributed by atoms with E-state index >= 15 is 0 Å². The van der Waals surface area contributed by atoms with E-state index < -0.39 is 17.6 Å². The second-order valence-electron chi connectivity index (χ2n) is 6.13. The first-order valence-electron chi connectivity index (χ1n) is 7.59. The molecule has 0 bridgehead atoms. The molecule has 1 aromatic rings. The summed E-state index contributed by atoms with van der Waals surface area (Å²) in [4.78, 5) is 25.7. The first kappa shape index (κ1) is 15.8. The van der Waals surface area contributed by atoms with E-state index in [1.807, 2.05) is 4.90 Å². The number of hydrogen-bond acceptors (Lipinski definition) is 2. The Kier molecular flexibility index (Phi) is 4.04. The average molecular weight is 326 g/mol. The molecule has 4 nitrogen and oxygen atoms in total. The predicted molar refractivity (Wildman–Crippen MR) is 76.6 cm³/mol. The second-order valence-corrected chi connectivity index (χ2v) is 6.13. The molecule has 2 amide bonds. The maximum absolute atomic E-state index is 12.5. The molecule has 1 saturated heterocycles. The molecule has 1 unspecified atom stereocenters. The molecular weight excluding hydrogens is 309 g/mol. The van der Waals surface area contributed by atoms with Crippen LogP contribution in [0.2, 0.25) is 0 Å². The van der Waals surface area contributed by atoms with Gasteiger partial charge in [-0.25, -0.2) is 0 Å². The molecule has 0 spiro atoms. The van der Waals surface area contributed by atoms with E-state index in [0.29, 0.717) is 25.6 Å². The number of carbonyl (C=O) groups is 2. The zero-order chi connectivity index (χ0) is 16.6. The van der Waals surface area contributed by atoms with Gasteiger partial charge in [-0.1, -0.05) is 0 Å². The number of hydrogen-bond donors (Lipinski definition) is 1. The van der Waals surface area contributed by atoms with Gasteiger partial charge in [-0.05, 0) is 37.1 Å². The predicted octanol–water partition coefficient (Wildman–Crippen LogP) is 2.45. The van der Waals surface area contributed by atoms with Crippen molar-refractivity contribution in [3.63, 3.8) is 0 Å². The monoisotopic (exact) mass is 326 g/mol. The Morgan fingerprint density at radius 3 is 2.43 bits per heavy atom.